The van der Waals surface area contributed by atoms with E-state index in [0.29, 0.717) is 16.3 Å². The van der Waals surface area contributed by atoms with Crippen LogP contribution in [0.25, 0.3) is 10.8 Å². The number of nitrogens with zero attached hydrogens (tertiary/aromatic N) is 2. The minimum atomic E-state index is -0.602. The SMILES string of the molecule is CCc1ccc(C(=O)NNC(=O)c2nn(C)c(=O)c3ccccc23)cc1. The van der Waals surface area contributed by atoms with Crippen molar-refractivity contribution in [3.05, 3.63) is 75.7 Å². The lowest BCUT2D eigenvalue weighted by atomic mass is 10.1. The first-order valence-electron chi connectivity index (χ1n) is 8.17. The predicted octanol–water partition coefficient (Wildman–Crippen LogP) is 1.57. The van der Waals surface area contributed by atoms with Crippen LogP contribution in [0.3, 0.4) is 0 Å². The number of aromatic nitrogens is 2. The number of amides is 2. The van der Waals surface area contributed by atoms with Crippen LogP contribution in [-0.2, 0) is 13.5 Å². The summed E-state index contributed by atoms with van der Waals surface area (Å²) in [6, 6.07) is 13.8. The average Bonchev–Trinajstić information content (AvgIpc) is 2.68. The molecule has 0 radical (unpaired) electrons. The topological polar surface area (TPSA) is 93.1 Å². The molecule has 3 rings (SSSR count). The van der Waals surface area contributed by atoms with E-state index in [-0.39, 0.29) is 11.3 Å². The number of nitrogens with one attached hydrogen (secondary N) is 2. The molecule has 0 saturated heterocycles. The summed E-state index contributed by atoms with van der Waals surface area (Å²) in [6.07, 6.45) is 0.879. The highest BCUT2D eigenvalue weighted by molar-refractivity contribution is 6.06. The zero-order valence-electron chi connectivity index (χ0n) is 14.4. The number of hydrogen-bond acceptors (Lipinski definition) is 4. The van der Waals surface area contributed by atoms with Crippen LogP contribution >= 0.6 is 0 Å². The molecule has 0 aliphatic heterocycles. The van der Waals surface area contributed by atoms with E-state index < -0.39 is 11.8 Å². The second-order valence-electron chi connectivity index (χ2n) is 5.78. The van der Waals surface area contributed by atoms with E-state index in [4.69, 9.17) is 0 Å². The van der Waals surface area contributed by atoms with Gasteiger partial charge in [0.15, 0.2) is 5.69 Å². The second-order valence-corrected chi connectivity index (χ2v) is 5.78. The highest BCUT2D eigenvalue weighted by Crippen LogP contribution is 2.12. The van der Waals surface area contributed by atoms with Gasteiger partial charge in [-0.25, -0.2) is 4.68 Å². The van der Waals surface area contributed by atoms with Gasteiger partial charge in [-0.3, -0.25) is 25.2 Å². The van der Waals surface area contributed by atoms with Gasteiger partial charge in [-0.05, 0) is 30.2 Å². The van der Waals surface area contributed by atoms with Crippen LogP contribution in [0.2, 0.25) is 0 Å². The lowest BCUT2D eigenvalue weighted by Crippen LogP contribution is -2.42. The Bertz CT molecular complexity index is 1040. The van der Waals surface area contributed by atoms with Crippen molar-refractivity contribution in [2.24, 2.45) is 7.05 Å². The average molecular weight is 350 g/mol. The van der Waals surface area contributed by atoms with Crippen molar-refractivity contribution in [3.8, 4) is 0 Å². The fourth-order valence-corrected chi connectivity index (χ4v) is 2.60. The van der Waals surface area contributed by atoms with Gasteiger partial charge in [0, 0.05) is 18.0 Å². The van der Waals surface area contributed by atoms with Crippen LogP contribution in [0, 0.1) is 0 Å². The Labute approximate surface area is 149 Å². The first-order valence-corrected chi connectivity index (χ1v) is 8.17. The number of hydrazine groups is 1. The van der Waals surface area contributed by atoms with Crippen LogP contribution in [0.15, 0.2) is 53.3 Å². The van der Waals surface area contributed by atoms with Crippen LogP contribution in [0.5, 0.6) is 0 Å². The quantitative estimate of drug-likeness (QED) is 0.701. The highest BCUT2D eigenvalue weighted by atomic mass is 16.2. The molecule has 7 nitrogen and oxygen atoms in total. The second kappa shape index (κ2) is 7.18. The van der Waals surface area contributed by atoms with Gasteiger partial charge < -0.3 is 0 Å². The Morgan fingerprint density at radius 1 is 0.962 bits per heavy atom. The third-order valence-corrected chi connectivity index (χ3v) is 4.09. The van der Waals surface area contributed by atoms with E-state index in [1.807, 2.05) is 19.1 Å². The molecule has 2 aromatic carbocycles. The lowest BCUT2D eigenvalue weighted by molar-refractivity contribution is 0.0844. The van der Waals surface area contributed by atoms with Gasteiger partial charge in [0.25, 0.3) is 17.4 Å². The molecule has 3 aromatic rings. The molecule has 0 fully saturated rings. The first-order chi connectivity index (χ1) is 12.5. The Kier molecular flexibility index (Phi) is 4.79. The molecule has 0 spiro atoms. The zero-order valence-corrected chi connectivity index (χ0v) is 14.4. The number of rotatable bonds is 3. The van der Waals surface area contributed by atoms with Crippen LogP contribution in [0.1, 0.15) is 33.3 Å². The minimum Gasteiger partial charge on any atom is -0.267 e. The maximum absolute atomic E-state index is 12.5. The normalized spacial score (nSPS) is 10.5. The van der Waals surface area contributed by atoms with Crippen molar-refractivity contribution >= 4 is 22.6 Å². The number of carbonyl (C=O) groups is 2. The monoisotopic (exact) mass is 350 g/mol. The largest absolute Gasteiger partial charge is 0.290 e. The molecular weight excluding hydrogens is 332 g/mol. The third kappa shape index (κ3) is 3.32. The van der Waals surface area contributed by atoms with E-state index >= 15 is 0 Å². The molecule has 0 aliphatic carbocycles. The molecular formula is C19H18N4O3. The van der Waals surface area contributed by atoms with Gasteiger partial charge in [-0.2, -0.15) is 5.10 Å². The third-order valence-electron chi connectivity index (χ3n) is 4.09. The maximum Gasteiger partial charge on any atom is 0.290 e. The summed E-state index contributed by atoms with van der Waals surface area (Å²) in [5.41, 5.74) is 6.03. The van der Waals surface area contributed by atoms with Crippen molar-refractivity contribution in [2.45, 2.75) is 13.3 Å². The summed E-state index contributed by atoms with van der Waals surface area (Å²) in [5.74, 6) is -1.04. The summed E-state index contributed by atoms with van der Waals surface area (Å²) in [4.78, 5) is 36.7. The molecule has 1 heterocycles. The molecule has 26 heavy (non-hydrogen) atoms. The molecule has 7 heteroatoms. The van der Waals surface area contributed by atoms with E-state index in [0.717, 1.165) is 16.7 Å². The van der Waals surface area contributed by atoms with E-state index in [1.165, 1.54) is 7.05 Å². The van der Waals surface area contributed by atoms with Gasteiger partial charge in [0.2, 0.25) is 0 Å². The van der Waals surface area contributed by atoms with Crippen molar-refractivity contribution in [1.29, 1.82) is 0 Å². The van der Waals surface area contributed by atoms with Crippen molar-refractivity contribution < 1.29 is 9.59 Å². The lowest BCUT2D eigenvalue weighted by Gasteiger charge is -2.10. The van der Waals surface area contributed by atoms with Crippen LogP contribution in [0.4, 0.5) is 0 Å². The van der Waals surface area contributed by atoms with Gasteiger partial charge in [0.05, 0.1) is 5.39 Å². The summed E-state index contributed by atoms with van der Waals surface area (Å²) in [5, 5.41) is 4.83. The van der Waals surface area contributed by atoms with E-state index in [9.17, 15) is 14.4 Å². The number of hydrogen-bond donors (Lipinski definition) is 2. The summed E-state index contributed by atoms with van der Waals surface area (Å²) < 4.78 is 1.10. The molecule has 2 amide bonds. The highest BCUT2D eigenvalue weighted by Gasteiger charge is 2.16. The molecule has 0 bridgehead atoms. The smallest absolute Gasteiger partial charge is 0.267 e. The standard InChI is InChI=1S/C19H18N4O3/c1-3-12-8-10-13(11-9-12)17(24)20-21-18(25)16-14-6-4-5-7-15(14)19(26)23(2)22-16/h4-11H,3H2,1-2H3,(H,20,24)(H,21,25). The molecule has 0 saturated carbocycles. The number of carbonyl (C=O) groups excluding carboxylic acids is 2. The number of benzene rings is 2. The minimum absolute atomic E-state index is 0.0596. The maximum atomic E-state index is 12.5. The number of aryl methyl sites for hydroxylation is 2. The first kappa shape index (κ1) is 17.3. The molecule has 2 N–H and O–H groups in total. The molecule has 1 aromatic heterocycles. The Balaban J connectivity index is 1.80. The van der Waals surface area contributed by atoms with Gasteiger partial charge in [-0.1, -0.05) is 37.3 Å². The van der Waals surface area contributed by atoms with Gasteiger partial charge in [0.1, 0.15) is 0 Å². The molecule has 0 atom stereocenters. The summed E-state index contributed by atoms with van der Waals surface area (Å²) in [7, 11) is 1.47. The Morgan fingerprint density at radius 2 is 1.58 bits per heavy atom. The van der Waals surface area contributed by atoms with Crippen LogP contribution in [-0.4, -0.2) is 21.6 Å². The molecule has 132 valence electrons. The zero-order chi connectivity index (χ0) is 18.7. The van der Waals surface area contributed by atoms with Crippen LogP contribution < -0.4 is 16.4 Å². The fourth-order valence-electron chi connectivity index (χ4n) is 2.60. The predicted molar refractivity (Wildman–Crippen MR) is 97.7 cm³/mol. The van der Waals surface area contributed by atoms with Crippen molar-refractivity contribution in [1.82, 2.24) is 20.6 Å². The number of fused-ring (bicyclic) bond motifs is 1. The summed E-state index contributed by atoms with van der Waals surface area (Å²) >= 11 is 0. The van der Waals surface area contributed by atoms with E-state index in [2.05, 4.69) is 16.0 Å². The van der Waals surface area contributed by atoms with E-state index in [1.54, 1.807) is 36.4 Å². The van der Waals surface area contributed by atoms with Gasteiger partial charge >= 0.3 is 0 Å². The Morgan fingerprint density at radius 3 is 2.23 bits per heavy atom. The molecule has 0 unspecified atom stereocenters. The van der Waals surface area contributed by atoms with Gasteiger partial charge in [-0.15, -0.1) is 0 Å². The van der Waals surface area contributed by atoms with Crippen molar-refractivity contribution in [2.75, 3.05) is 0 Å². The fraction of sp³-hybridized carbons (Fsp3) is 0.158. The van der Waals surface area contributed by atoms with Crippen molar-refractivity contribution in [3.63, 3.8) is 0 Å². The Hall–Kier alpha value is -3.48. The molecule has 0 aliphatic rings. The summed E-state index contributed by atoms with van der Waals surface area (Å²) in [6.45, 7) is 2.03.